The monoisotopic (exact) mass is 433 g/mol. The van der Waals surface area contributed by atoms with Gasteiger partial charge in [0.2, 0.25) is 0 Å². The number of rotatable bonds is 6. The molecule has 10 heteroatoms. The molecule has 0 aliphatic carbocycles. The third-order valence-electron chi connectivity index (χ3n) is 5.69. The molecule has 164 valence electrons. The van der Waals surface area contributed by atoms with Gasteiger partial charge in [-0.2, -0.15) is 5.10 Å². The lowest BCUT2D eigenvalue weighted by molar-refractivity contribution is 0.165. The van der Waals surface area contributed by atoms with E-state index in [0.717, 1.165) is 60.6 Å². The first-order valence-corrected chi connectivity index (χ1v) is 10.4. The van der Waals surface area contributed by atoms with Crippen LogP contribution < -0.4 is 10.6 Å². The Kier molecular flexibility index (Phi) is 5.42. The lowest BCUT2D eigenvalue weighted by atomic mass is 10.0. The first kappa shape index (κ1) is 20.0. The highest BCUT2D eigenvalue weighted by Crippen LogP contribution is 2.27. The van der Waals surface area contributed by atoms with E-state index >= 15 is 0 Å². The number of hydrogen-bond donors (Lipinski definition) is 3. The van der Waals surface area contributed by atoms with E-state index in [4.69, 9.17) is 9.52 Å². The first-order chi connectivity index (χ1) is 15.7. The molecule has 1 fully saturated rings. The van der Waals surface area contributed by atoms with Crippen LogP contribution in [0.3, 0.4) is 0 Å². The second kappa shape index (κ2) is 8.67. The normalized spacial score (nSPS) is 15.1. The molecule has 1 saturated heterocycles. The summed E-state index contributed by atoms with van der Waals surface area (Å²) in [4.78, 5) is 21.7. The number of oxazole rings is 1. The van der Waals surface area contributed by atoms with E-state index in [1.165, 1.54) is 12.7 Å². The maximum atomic E-state index is 10.9. The van der Waals surface area contributed by atoms with Gasteiger partial charge in [0, 0.05) is 43.1 Å². The van der Waals surface area contributed by atoms with Crippen LogP contribution in [0.4, 0.5) is 16.3 Å². The van der Waals surface area contributed by atoms with Gasteiger partial charge in [-0.25, -0.2) is 19.3 Å². The van der Waals surface area contributed by atoms with E-state index in [1.807, 2.05) is 35.0 Å². The Bertz CT molecular complexity index is 1210. The van der Waals surface area contributed by atoms with E-state index in [-0.39, 0.29) is 6.04 Å². The molecule has 10 nitrogen and oxygen atoms in total. The van der Waals surface area contributed by atoms with Crippen molar-refractivity contribution in [2.45, 2.75) is 25.4 Å². The molecule has 0 radical (unpaired) electrons. The van der Waals surface area contributed by atoms with Crippen LogP contribution in [0.1, 0.15) is 18.4 Å². The number of fused-ring (bicyclic) bond motifs is 1. The molecule has 0 spiro atoms. The number of carbonyl (C=O) groups is 1. The second-order valence-electron chi connectivity index (χ2n) is 7.81. The molecule has 3 aromatic heterocycles. The highest BCUT2D eigenvalue weighted by molar-refractivity contribution is 5.77. The topological polar surface area (TPSA) is 121 Å². The summed E-state index contributed by atoms with van der Waals surface area (Å²) in [6.45, 7) is 2.41. The molecule has 4 heterocycles. The second-order valence-corrected chi connectivity index (χ2v) is 7.81. The summed E-state index contributed by atoms with van der Waals surface area (Å²) in [5.41, 5.74) is 3.84. The van der Waals surface area contributed by atoms with Gasteiger partial charge in [-0.1, -0.05) is 12.1 Å². The predicted molar refractivity (Wildman–Crippen MR) is 118 cm³/mol. The van der Waals surface area contributed by atoms with E-state index in [9.17, 15) is 4.79 Å². The van der Waals surface area contributed by atoms with Crippen LogP contribution in [0.15, 0.2) is 59.9 Å². The van der Waals surface area contributed by atoms with Gasteiger partial charge >= 0.3 is 6.09 Å². The Hall–Kier alpha value is -3.92. The summed E-state index contributed by atoms with van der Waals surface area (Å²) in [5.74, 6) is 1.42. The zero-order chi connectivity index (χ0) is 21.9. The predicted octanol–water partition coefficient (Wildman–Crippen LogP) is 3.36. The lowest BCUT2D eigenvalue weighted by Crippen LogP contribution is -2.43. The molecule has 0 unspecified atom stereocenters. The number of nitrogens with zero attached hydrogens (tertiary/aromatic N) is 5. The molecule has 1 aliphatic heterocycles. The van der Waals surface area contributed by atoms with Gasteiger partial charge in [0.25, 0.3) is 0 Å². The number of carboxylic acid groups (broad SMARTS) is 1. The minimum Gasteiger partial charge on any atom is -0.465 e. The first-order valence-electron chi connectivity index (χ1n) is 10.4. The number of aromatic nitrogens is 4. The molecular formula is C22H23N7O3. The third kappa shape index (κ3) is 4.26. The van der Waals surface area contributed by atoms with Gasteiger partial charge in [0.05, 0.1) is 6.20 Å². The van der Waals surface area contributed by atoms with Crippen LogP contribution in [0.2, 0.25) is 0 Å². The molecule has 4 aromatic rings. The highest BCUT2D eigenvalue weighted by Gasteiger charge is 2.22. The molecule has 1 amide bonds. The standard InChI is InChI=1S/C22H23N7O3/c30-22(31)27-17-5-7-28(8-6-17)12-16-4-9-29-20(16)21(24-13-25-29)26-18-3-1-2-15(10-18)19-11-23-14-32-19/h1-4,9-11,13-14,17,27H,5-8,12H2,(H,30,31)(H,24,25,26). The highest BCUT2D eigenvalue weighted by atomic mass is 16.4. The van der Waals surface area contributed by atoms with E-state index < -0.39 is 6.09 Å². The Morgan fingerprint density at radius 2 is 2.12 bits per heavy atom. The van der Waals surface area contributed by atoms with Gasteiger partial charge in [0.1, 0.15) is 11.8 Å². The van der Waals surface area contributed by atoms with Crippen LogP contribution in [-0.4, -0.2) is 54.8 Å². The van der Waals surface area contributed by atoms with Crippen molar-refractivity contribution in [1.29, 1.82) is 0 Å². The summed E-state index contributed by atoms with van der Waals surface area (Å²) in [6.07, 6.45) is 7.20. The number of piperidine rings is 1. The molecule has 0 saturated carbocycles. The largest absolute Gasteiger partial charge is 0.465 e. The summed E-state index contributed by atoms with van der Waals surface area (Å²) in [7, 11) is 0. The Morgan fingerprint density at radius 3 is 2.91 bits per heavy atom. The van der Waals surface area contributed by atoms with Crippen molar-refractivity contribution in [2.75, 3.05) is 18.4 Å². The van der Waals surface area contributed by atoms with Crippen LogP contribution in [0.25, 0.3) is 16.8 Å². The minimum absolute atomic E-state index is 0.0201. The average molecular weight is 433 g/mol. The fraction of sp³-hybridized carbons (Fsp3) is 0.273. The van der Waals surface area contributed by atoms with E-state index in [1.54, 1.807) is 6.20 Å². The number of nitrogens with one attached hydrogen (secondary N) is 2. The molecular weight excluding hydrogens is 410 g/mol. The third-order valence-corrected chi connectivity index (χ3v) is 5.69. The quantitative estimate of drug-likeness (QED) is 0.423. The fourth-order valence-electron chi connectivity index (χ4n) is 4.13. The zero-order valence-electron chi connectivity index (χ0n) is 17.3. The van der Waals surface area contributed by atoms with Gasteiger partial charge in [-0.05, 0) is 36.6 Å². The fourth-order valence-corrected chi connectivity index (χ4v) is 4.13. The number of anilines is 2. The van der Waals surface area contributed by atoms with Crippen molar-refractivity contribution in [1.82, 2.24) is 29.8 Å². The van der Waals surface area contributed by atoms with Gasteiger partial charge in [-0.15, -0.1) is 0 Å². The maximum Gasteiger partial charge on any atom is 0.404 e. The SMILES string of the molecule is O=C(O)NC1CCN(Cc2ccn3ncnc(Nc4cccc(-c5cnco5)c4)c23)CC1. The van der Waals surface area contributed by atoms with Crippen LogP contribution in [-0.2, 0) is 6.54 Å². The molecule has 5 rings (SSSR count). The molecule has 32 heavy (non-hydrogen) atoms. The van der Waals surface area contributed by atoms with Crippen molar-refractivity contribution in [3.05, 3.63) is 61.0 Å². The lowest BCUT2D eigenvalue weighted by Gasteiger charge is -2.31. The van der Waals surface area contributed by atoms with Crippen LogP contribution in [0.5, 0.6) is 0 Å². The van der Waals surface area contributed by atoms with E-state index in [2.05, 4.69) is 36.7 Å². The molecule has 3 N–H and O–H groups in total. The molecule has 1 aliphatic rings. The molecule has 0 atom stereocenters. The number of amides is 1. The van der Waals surface area contributed by atoms with Gasteiger partial charge in [0.15, 0.2) is 18.0 Å². The Labute approximate surface area is 183 Å². The smallest absolute Gasteiger partial charge is 0.404 e. The molecule has 1 aromatic carbocycles. The van der Waals surface area contributed by atoms with Crippen LogP contribution >= 0.6 is 0 Å². The molecule has 0 bridgehead atoms. The number of hydrogen-bond acceptors (Lipinski definition) is 7. The van der Waals surface area contributed by atoms with Crippen molar-refractivity contribution >= 4 is 23.1 Å². The summed E-state index contributed by atoms with van der Waals surface area (Å²) < 4.78 is 7.23. The maximum absolute atomic E-state index is 10.9. The minimum atomic E-state index is -0.956. The Balaban J connectivity index is 1.35. The van der Waals surface area contributed by atoms with Crippen molar-refractivity contribution < 1.29 is 14.3 Å². The summed E-state index contributed by atoms with van der Waals surface area (Å²) in [5, 5.41) is 19.3. The number of benzene rings is 1. The Morgan fingerprint density at radius 1 is 1.25 bits per heavy atom. The van der Waals surface area contributed by atoms with Gasteiger partial charge in [-0.3, -0.25) is 4.90 Å². The summed E-state index contributed by atoms with van der Waals surface area (Å²) >= 11 is 0. The summed E-state index contributed by atoms with van der Waals surface area (Å²) in [6, 6.07) is 9.96. The van der Waals surface area contributed by atoms with Crippen molar-refractivity contribution in [2.24, 2.45) is 0 Å². The van der Waals surface area contributed by atoms with Crippen LogP contribution in [0, 0.1) is 0 Å². The van der Waals surface area contributed by atoms with E-state index in [0.29, 0.717) is 5.76 Å². The van der Waals surface area contributed by atoms with Gasteiger partial charge < -0.3 is 20.2 Å². The number of likely N-dealkylation sites (tertiary alicyclic amines) is 1. The van der Waals surface area contributed by atoms with Crippen molar-refractivity contribution in [3.8, 4) is 11.3 Å². The van der Waals surface area contributed by atoms with Crippen molar-refractivity contribution in [3.63, 3.8) is 0 Å². The zero-order valence-corrected chi connectivity index (χ0v) is 17.3. The average Bonchev–Trinajstić information content (AvgIpc) is 3.46.